The quantitative estimate of drug-likeness (QED) is 0.801. The Hall–Kier alpha value is -2.79. The standard InChI is InChI=1S/C23H25NO4/c1-15-4-3-11-24(13-15)14-19-20(25)10-9-18-22(26)21(28-23(18)19)12-16-5-7-17(27-2)8-6-16/h5-10,12,15,25H,3-4,11,13-14H2,1-2H3/p+1/b21-12-/t15-/m0/s1. The number of benzene rings is 2. The molecule has 5 nitrogen and oxygen atoms in total. The van der Waals surface area contributed by atoms with Gasteiger partial charge >= 0.3 is 0 Å². The Morgan fingerprint density at radius 1 is 1.25 bits per heavy atom. The van der Waals surface area contributed by atoms with Gasteiger partial charge in [-0.05, 0) is 48.7 Å². The number of phenolic OH excluding ortho intramolecular Hbond substituents is 1. The molecule has 2 N–H and O–H groups in total. The van der Waals surface area contributed by atoms with E-state index in [0.29, 0.717) is 23.8 Å². The monoisotopic (exact) mass is 380 g/mol. The van der Waals surface area contributed by atoms with Gasteiger partial charge in [-0.1, -0.05) is 19.1 Å². The van der Waals surface area contributed by atoms with Gasteiger partial charge in [0.25, 0.3) is 0 Å². The molecule has 4 rings (SSSR count). The van der Waals surface area contributed by atoms with Crippen LogP contribution in [0.3, 0.4) is 0 Å². The second kappa shape index (κ2) is 7.68. The number of nitrogens with one attached hydrogen (secondary N) is 1. The van der Waals surface area contributed by atoms with Gasteiger partial charge < -0.3 is 19.5 Å². The molecule has 2 aromatic rings. The maximum absolute atomic E-state index is 12.8. The fourth-order valence-corrected chi connectivity index (χ4v) is 4.13. The number of ether oxygens (including phenoxy) is 2. The Morgan fingerprint density at radius 3 is 2.75 bits per heavy atom. The zero-order valence-corrected chi connectivity index (χ0v) is 16.3. The maximum atomic E-state index is 12.8. The van der Waals surface area contributed by atoms with E-state index in [0.717, 1.165) is 30.0 Å². The molecule has 2 aliphatic rings. The smallest absolute Gasteiger partial charge is 0.231 e. The molecular formula is C23H26NO4+. The Kier molecular flexibility index (Phi) is 5.09. The largest absolute Gasteiger partial charge is 0.507 e. The van der Waals surface area contributed by atoms with Gasteiger partial charge in [-0.25, -0.2) is 0 Å². The van der Waals surface area contributed by atoms with Crippen LogP contribution in [0.25, 0.3) is 6.08 Å². The number of likely N-dealkylation sites (tertiary alicyclic amines) is 1. The number of carbonyl (C=O) groups excluding carboxylic acids is 1. The molecule has 1 unspecified atom stereocenters. The first-order valence-corrected chi connectivity index (χ1v) is 9.82. The highest BCUT2D eigenvalue weighted by molar-refractivity contribution is 6.14. The number of piperidine rings is 1. The third kappa shape index (κ3) is 3.62. The van der Waals surface area contributed by atoms with E-state index >= 15 is 0 Å². The number of hydrogen-bond acceptors (Lipinski definition) is 4. The van der Waals surface area contributed by atoms with Crippen LogP contribution in [0.2, 0.25) is 0 Å². The summed E-state index contributed by atoms with van der Waals surface area (Å²) < 4.78 is 11.1. The molecule has 0 saturated carbocycles. The minimum atomic E-state index is -0.144. The molecule has 0 bridgehead atoms. The molecule has 2 aromatic carbocycles. The molecule has 28 heavy (non-hydrogen) atoms. The number of ketones is 1. The van der Waals surface area contributed by atoms with Crippen molar-refractivity contribution in [3.63, 3.8) is 0 Å². The van der Waals surface area contributed by atoms with Crippen LogP contribution >= 0.6 is 0 Å². The molecular weight excluding hydrogens is 354 g/mol. The van der Waals surface area contributed by atoms with E-state index in [1.807, 2.05) is 24.3 Å². The molecule has 1 saturated heterocycles. The number of Topliss-reactive ketones (excluding diaryl/α,β-unsaturated/α-hetero) is 1. The minimum Gasteiger partial charge on any atom is -0.507 e. The lowest BCUT2D eigenvalue weighted by Gasteiger charge is -2.28. The van der Waals surface area contributed by atoms with Crippen molar-refractivity contribution in [2.45, 2.75) is 26.3 Å². The van der Waals surface area contributed by atoms with Gasteiger partial charge in [-0.3, -0.25) is 4.79 Å². The lowest BCUT2D eigenvalue weighted by molar-refractivity contribution is -0.922. The zero-order chi connectivity index (χ0) is 19.7. The van der Waals surface area contributed by atoms with Gasteiger partial charge in [-0.2, -0.15) is 0 Å². The summed E-state index contributed by atoms with van der Waals surface area (Å²) in [5, 5.41) is 10.5. The van der Waals surface area contributed by atoms with E-state index in [1.165, 1.54) is 17.7 Å². The van der Waals surface area contributed by atoms with Crippen LogP contribution in [0.5, 0.6) is 17.2 Å². The van der Waals surface area contributed by atoms with Crippen LogP contribution < -0.4 is 14.4 Å². The number of fused-ring (bicyclic) bond motifs is 1. The Balaban J connectivity index is 1.61. The number of methoxy groups -OCH3 is 1. The van der Waals surface area contributed by atoms with E-state index in [2.05, 4.69) is 6.92 Å². The lowest BCUT2D eigenvalue weighted by Crippen LogP contribution is -3.12. The van der Waals surface area contributed by atoms with Crippen LogP contribution in [0.1, 0.15) is 41.3 Å². The van der Waals surface area contributed by atoms with Crippen molar-refractivity contribution in [1.82, 2.24) is 0 Å². The summed E-state index contributed by atoms with van der Waals surface area (Å²) in [6.07, 6.45) is 4.18. The van der Waals surface area contributed by atoms with E-state index in [9.17, 15) is 9.90 Å². The number of hydrogen-bond donors (Lipinski definition) is 2. The number of aromatic hydroxyl groups is 1. The molecule has 5 heteroatoms. The molecule has 0 amide bonds. The number of rotatable bonds is 4. The van der Waals surface area contributed by atoms with Crippen molar-refractivity contribution in [1.29, 1.82) is 0 Å². The van der Waals surface area contributed by atoms with Crippen molar-refractivity contribution >= 4 is 11.9 Å². The number of allylic oxidation sites excluding steroid dienone is 1. The average Bonchev–Trinajstić information content (AvgIpc) is 3.01. The highest BCUT2D eigenvalue weighted by atomic mass is 16.5. The van der Waals surface area contributed by atoms with Crippen LogP contribution in [0.15, 0.2) is 42.2 Å². The van der Waals surface area contributed by atoms with Gasteiger partial charge in [0.2, 0.25) is 5.78 Å². The third-order valence-electron chi connectivity index (χ3n) is 5.62. The fraction of sp³-hybridized carbons (Fsp3) is 0.348. The predicted octanol–water partition coefficient (Wildman–Crippen LogP) is 2.83. The van der Waals surface area contributed by atoms with Crippen LogP contribution in [-0.4, -0.2) is 31.1 Å². The second-order valence-electron chi connectivity index (χ2n) is 7.78. The Labute approximate surface area is 165 Å². The summed E-state index contributed by atoms with van der Waals surface area (Å²) in [5.41, 5.74) is 2.11. The molecule has 0 spiro atoms. The Morgan fingerprint density at radius 2 is 2.04 bits per heavy atom. The average molecular weight is 380 g/mol. The molecule has 1 fully saturated rings. The van der Waals surface area contributed by atoms with E-state index < -0.39 is 0 Å². The summed E-state index contributed by atoms with van der Waals surface area (Å²) in [6.45, 7) is 5.09. The predicted molar refractivity (Wildman–Crippen MR) is 107 cm³/mol. The summed E-state index contributed by atoms with van der Waals surface area (Å²) >= 11 is 0. The molecule has 0 aromatic heterocycles. The summed E-state index contributed by atoms with van der Waals surface area (Å²) in [4.78, 5) is 14.2. The van der Waals surface area contributed by atoms with Gasteiger partial charge in [0.05, 0.1) is 31.3 Å². The van der Waals surface area contributed by atoms with Gasteiger partial charge in [0.15, 0.2) is 11.5 Å². The molecule has 0 aliphatic carbocycles. The Bertz CT molecular complexity index is 917. The van der Waals surface area contributed by atoms with Gasteiger partial charge in [-0.15, -0.1) is 0 Å². The second-order valence-corrected chi connectivity index (χ2v) is 7.78. The van der Waals surface area contributed by atoms with Crippen molar-refractivity contribution < 1.29 is 24.3 Å². The molecule has 2 aliphatic heterocycles. The van der Waals surface area contributed by atoms with Gasteiger partial charge in [0.1, 0.15) is 18.0 Å². The third-order valence-corrected chi connectivity index (χ3v) is 5.62. The lowest BCUT2D eigenvalue weighted by atomic mass is 9.99. The van der Waals surface area contributed by atoms with Crippen LogP contribution in [-0.2, 0) is 6.54 Å². The number of phenols is 1. The normalized spacial score (nSPS) is 22.8. The molecule has 2 atom stereocenters. The summed E-state index contributed by atoms with van der Waals surface area (Å²) in [7, 11) is 1.62. The number of quaternary nitrogens is 1. The highest BCUT2D eigenvalue weighted by Crippen LogP contribution is 2.39. The number of carbonyl (C=O) groups is 1. The maximum Gasteiger partial charge on any atom is 0.231 e. The molecule has 2 heterocycles. The fourth-order valence-electron chi connectivity index (χ4n) is 4.13. The van der Waals surface area contributed by atoms with Gasteiger partial charge in [0, 0.05) is 5.92 Å². The van der Waals surface area contributed by atoms with Crippen molar-refractivity contribution in [2.75, 3.05) is 20.2 Å². The van der Waals surface area contributed by atoms with Crippen molar-refractivity contribution in [3.05, 3.63) is 58.8 Å². The molecule has 146 valence electrons. The van der Waals surface area contributed by atoms with E-state index in [1.54, 1.807) is 25.3 Å². The zero-order valence-electron chi connectivity index (χ0n) is 16.3. The first-order valence-electron chi connectivity index (χ1n) is 9.82. The first-order chi connectivity index (χ1) is 13.5. The topological polar surface area (TPSA) is 60.2 Å². The van der Waals surface area contributed by atoms with E-state index in [-0.39, 0.29) is 17.3 Å². The molecule has 0 radical (unpaired) electrons. The van der Waals surface area contributed by atoms with Crippen LogP contribution in [0.4, 0.5) is 0 Å². The summed E-state index contributed by atoms with van der Waals surface area (Å²) in [6, 6.07) is 10.7. The van der Waals surface area contributed by atoms with E-state index in [4.69, 9.17) is 9.47 Å². The SMILES string of the molecule is COc1ccc(/C=C2\Oc3c(ccc(O)c3C[NH+]3CCC[C@H](C)C3)C2=O)cc1. The summed E-state index contributed by atoms with van der Waals surface area (Å²) in [5.74, 6) is 2.28. The highest BCUT2D eigenvalue weighted by Gasteiger charge is 2.33. The minimum absolute atomic E-state index is 0.144. The van der Waals surface area contributed by atoms with Crippen LogP contribution in [0, 0.1) is 5.92 Å². The van der Waals surface area contributed by atoms with Crippen molar-refractivity contribution in [3.8, 4) is 17.2 Å². The first kappa shape index (κ1) is 18.6. The van der Waals surface area contributed by atoms with Crippen molar-refractivity contribution in [2.24, 2.45) is 5.92 Å².